The lowest BCUT2D eigenvalue weighted by Gasteiger charge is -2.17. The van der Waals surface area contributed by atoms with Crippen molar-refractivity contribution in [2.24, 2.45) is 17.8 Å². The van der Waals surface area contributed by atoms with Gasteiger partial charge in [-0.15, -0.1) is 0 Å². The van der Waals surface area contributed by atoms with Crippen molar-refractivity contribution in [3.05, 3.63) is 26.4 Å². The Kier molecular flexibility index (Phi) is 7.64. The maximum atomic E-state index is 12.7. The van der Waals surface area contributed by atoms with Crippen molar-refractivity contribution in [2.45, 2.75) is 73.9 Å². The molecule has 0 unspecified atom stereocenters. The van der Waals surface area contributed by atoms with Gasteiger partial charge in [-0.3, -0.25) is 18.7 Å². The first-order valence-electron chi connectivity index (χ1n) is 9.16. The molecular formula is C19H32N2O4. The van der Waals surface area contributed by atoms with Gasteiger partial charge in [0.15, 0.2) is 5.78 Å². The highest BCUT2D eigenvalue weighted by Gasteiger charge is 2.24. The average molecular weight is 352 g/mol. The molecule has 1 aromatic heterocycles. The van der Waals surface area contributed by atoms with E-state index >= 15 is 0 Å². The second-order valence-corrected chi connectivity index (χ2v) is 7.98. The number of carbonyl (C=O) groups excluding carboxylic acids is 1. The van der Waals surface area contributed by atoms with Gasteiger partial charge in [-0.25, -0.2) is 4.79 Å². The third-order valence-corrected chi connectivity index (χ3v) is 4.13. The summed E-state index contributed by atoms with van der Waals surface area (Å²) in [5.74, 6) is -0.182. The van der Waals surface area contributed by atoms with Crippen LogP contribution in [-0.4, -0.2) is 20.0 Å². The van der Waals surface area contributed by atoms with Gasteiger partial charge >= 0.3 is 5.69 Å². The molecule has 0 aromatic carbocycles. The largest absolute Gasteiger partial charge is 0.494 e. The van der Waals surface area contributed by atoms with Crippen LogP contribution in [0.4, 0.5) is 0 Å². The third kappa shape index (κ3) is 5.58. The molecule has 0 saturated heterocycles. The molecule has 0 atom stereocenters. The number of aromatic hydroxyl groups is 1. The summed E-state index contributed by atoms with van der Waals surface area (Å²) in [6.45, 7) is 12.3. The number of hydrogen-bond donors (Lipinski definition) is 1. The van der Waals surface area contributed by atoms with E-state index < -0.39 is 22.9 Å². The first-order chi connectivity index (χ1) is 11.6. The Hall–Kier alpha value is -1.85. The molecule has 0 aliphatic carbocycles. The molecule has 0 aliphatic rings. The van der Waals surface area contributed by atoms with Gasteiger partial charge < -0.3 is 5.11 Å². The second kappa shape index (κ2) is 9.02. The molecule has 0 saturated carbocycles. The van der Waals surface area contributed by atoms with E-state index in [1.807, 2.05) is 41.5 Å². The summed E-state index contributed by atoms with van der Waals surface area (Å²) in [5, 5.41) is 10.5. The Morgan fingerprint density at radius 3 is 1.80 bits per heavy atom. The lowest BCUT2D eigenvalue weighted by molar-refractivity contribution is 0.0960. The molecule has 142 valence electrons. The smallest absolute Gasteiger partial charge is 0.333 e. The Balaban J connectivity index is 3.50. The molecule has 0 aliphatic heterocycles. The van der Waals surface area contributed by atoms with Crippen molar-refractivity contribution < 1.29 is 9.90 Å². The van der Waals surface area contributed by atoms with Crippen LogP contribution in [0.1, 0.15) is 71.2 Å². The van der Waals surface area contributed by atoms with Gasteiger partial charge in [-0.05, 0) is 30.6 Å². The number of carbonyl (C=O) groups is 1. The molecule has 1 rings (SSSR count). The average Bonchev–Trinajstić information content (AvgIpc) is 2.45. The fourth-order valence-electron chi connectivity index (χ4n) is 2.58. The van der Waals surface area contributed by atoms with Gasteiger partial charge in [0.2, 0.25) is 5.88 Å². The first-order valence-corrected chi connectivity index (χ1v) is 9.16. The molecule has 0 fully saturated rings. The standard InChI is InChI=1S/C19H32N2O4/c1-12(2)7-9-20-17(23)16(15(22)11-14(5)6)18(24)21(19(20)25)10-8-13(3)4/h12-14,23H,7-11H2,1-6H3. The van der Waals surface area contributed by atoms with Gasteiger partial charge in [-0.2, -0.15) is 0 Å². The minimum absolute atomic E-state index is 0.0615. The van der Waals surface area contributed by atoms with Crippen molar-refractivity contribution in [1.82, 2.24) is 9.13 Å². The van der Waals surface area contributed by atoms with Gasteiger partial charge in [-0.1, -0.05) is 41.5 Å². The molecule has 0 bridgehead atoms. The summed E-state index contributed by atoms with van der Waals surface area (Å²) < 4.78 is 2.28. The molecule has 1 heterocycles. The van der Waals surface area contributed by atoms with Crippen LogP contribution < -0.4 is 11.2 Å². The van der Waals surface area contributed by atoms with Crippen molar-refractivity contribution in [3.8, 4) is 5.88 Å². The van der Waals surface area contributed by atoms with Crippen molar-refractivity contribution >= 4 is 5.78 Å². The number of aromatic nitrogens is 2. The van der Waals surface area contributed by atoms with E-state index in [1.54, 1.807) is 0 Å². The summed E-state index contributed by atoms with van der Waals surface area (Å²) >= 11 is 0. The molecule has 0 radical (unpaired) electrons. The summed E-state index contributed by atoms with van der Waals surface area (Å²) in [6, 6.07) is 0. The zero-order valence-corrected chi connectivity index (χ0v) is 16.3. The van der Waals surface area contributed by atoms with E-state index in [1.165, 1.54) is 4.57 Å². The van der Waals surface area contributed by atoms with Crippen molar-refractivity contribution in [1.29, 1.82) is 0 Å². The Morgan fingerprint density at radius 2 is 1.36 bits per heavy atom. The topological polar surface area (TPSA) is 81.3 Å². The van der Waals surface area contributed by atoms with E-state index in [0.29, 0.717) is 24.7 Å². The first kappa shape index (κ1) is 21.2. The minimum Gasteiger partial charge on any atom is -0.494 e. The number of rotatable bonds is 9. The van der Waals surface area contributed by atoms with E-state index in [-0.39, 0.29) is 31.0 Å². The molecule has 6 nitrogen and oxygen atoms in total. The van der Waals surface area contributed by atoms with Crippen molar-refractivity contribution in [3.63, 3.8) is 0 Å². The van der Waals surface area contributed by atoms with Crippen LogP contribution in [0.15, 0.2) is 9.59 Å². The van der Waals surface area contributed by atoms with Gasteiger partial charge in [0.1, 0.15) is 5.56 Å². The molecule has 6 heteroatoms. The van der Waals surface area contributed by atoms with Gasteiger partial charge in [0.25, 0.3) is 5.56 Å². The molecular weight excluding hydrogens is 320 g/mol. The Bertz CT molecular complexity index is 711. The predicted octanol–water partition coefficient (Wildman–Crippen LogP) is 3.04. The van der Waals surface area contributed by atoms with Crippen LogP contribution in [-0.2, 0) is 13.1 Å². The fraction of sp³-hybridized carbons (Fsp3) is 0.737. The maximum Gasteiger partial charge on any atom is 0.333 e. The second-order valence-electron chi connectivity index (χ2n) is 7.98. The molecule has 1 aromatic rings. The fourth-order valence-corrected chi connectivity index (χ4v) is 2.58. The number of hydrogen-bond acceptors (Lipinski definition) is 4. The van der Waals surface area contributed by atoms with Crippen LogP contribution in [0, 0.1) is 17.8 Å². The maximum absolute atomic E-state index is 12.7. The molecule has 25 heavy (non-hydrogen) atoms. The highest BCUT2D eigenvalue weighted by molar-refractivity contribution is 5.97. The quantitative estimate of drug-likeness (QED) is 0.693. The lowest BCUT2D eigenvalue weighted by atomic mass is 10.0. The zero-order chi connectivity index (χ0) is 19.3. The van der Waals surface area contributed by atoms with E-state index in [4.69, 9.17) is 0 Å². The normalized spacial score (nSPS) is 11.7. The van der Waals surface area contributed by atoms with Crippen LogP contribution in [0.2, 0.25) is 0 Å². The summed E-state index contributed by atoms with van der Waals surface area (Å²) in [7, 11) is 0. The van der Waals surface area contributed by atoms with Crippen LogP contribution >= 0.6 is 0 Å². The van der Waals surface area contributed by atoms with E-state index in [0.717, 1.165) is 4.57 Å². The van der Waals surface area contributed by atoms with Crippen LogP contribution in [0.3, 0.4) is 0 Å². The number of nitrogens with zero attached hydrogens (tertiary/aromatic N) is 2. The predicted molar refractivity (Wildman–Crippen MR) is 99.3 cm³/mol. The summed E-state index contributed by atoms with van der Waals surface area (Å²) in [4.78, 5) is 37.9. The Morgan fingerprint density at radius 1 is 0.880 bits per heavy atom. The monoisotopic (exact) mass is 352 g/mol. The lowest BCUT2D eigenvalue weighted by Crippen LogP contribution is -2.43. The van der Waals surface area contributed by atoms with Crippen LogP contribution in [0.25, 0.3) is 0 Å². The van der Waals surface area contributed by atoms with Gasteiger partial charge in [0, 0.05) is 19.5 Å². The molecule has 1 N–H and O–H groups in total. The number of Topliss-reactive ketones (excluding diaryl/α,β-unsaturated/α-hetero) is 1. The number of ketones is 1. The summed E-state index contributed by atoms with van der Waals surface area (Å²) in [5.41, 5.74) is -1.46. The third-order valence-electron chi connectivity index (χ3n) is 4.13. The molecule has 0 amide bonds. The summed E-state index contributed by atoms with van der Waals surface area (Å²) in [6.07, 6.45) is 1.49. The van der Waals surface area contributed by atoms with E-state index in [9.17, 15) is 19.5 Å². The zero-order valence-electron chi connectivity index (χ0n) is 16.3. The highest BCUT2D eigenvalue weighted by atomic mass is 16.3. The van der Waals surface area contributed by atoms with E-state index in [2.05, 4.69) is 0 Å². The highest BCUT2D eigenvalue weighted by Crippen LogP contribution is 2.17. The SMILES string of the molecule is CC(C)CCn1c(O)c(C(=O)CC(C)C)c(=O)n(CCC(C)C)c1=O. The van der Waals surface area contributed by atoms with Crippen molar-refractivity contribution in [2.75, 3.05) is 0 Å². The van der Waals surface area contributed by atoms with Crippen LogP contribution in [0.5, 0.6) is 5.88 Å². The van der Waals surface area contributed by atoms with Gasteiger partial charge in [0.05, 0.1) is 0 Å². The molecule has 0 spiro atoms. The minimum atomic E-state index is -0.672. The Labute approximate surface area is 149 Å².